The van der Waals surface area contributed by atoms with Crippen molar-refractivity contribution in [1.29, 1.82) is 0 Å². The number of unbranched alkanes of at least 4 members (excludes halogenated alkanes) is 9. The van der Waals surface area contributed by atoms with Gasteiger partial charge in [-0.1, -0.05) is 64.7 Å². The quantitative estimate of drug-likeness (QED) is 0.277. The van der Waals surface area contributed by atoms with E-state index in [-0.39, 0.29) is 6.61 Å². The maximum absolute atomic E-state index is 11.5. The summed E-state index contributed by atoms with van der Waals surface area (Å²) in [7, 11) is 0. The van der Waals surface area contributed by atoms with Crippen LogP contribution in [0.4, 0.5) is 0 Å². The molecular formula is C16H29O6S-. The lowest BCUT2D eigenvalue weighted by Crippen LogP contribution is -2.30. The minimum absolute atomic E-state index is 0.142. The van der Waals surface area contributed by atoms with Crippen molar-refractivity contribution >= 4 is 23.0 Å². The molecule has 0 saturated heterocycles. The Hall–Kier alpha value is -0.950. The van der Waals surface area contributed by atoms with Crippen LogP contribution in [0.25, 0.3) is 0 Å². The molecule has 0 amide bonds. The van der Waals surface area contributed by atoms with Crippen LogP contribution in [0.15, 0.2) is 0 Å². The summed E-state index contributed by atoms with van der Waals surface area (Å²) in [6.45, 7) is 2.34. The standard InChI is InChI=1S/C16H30O6S/c1-2-3-4-5-6-7-8-9-10-11-12-22-16(19)14(23(20)21)13-15(17)18/h14H,2-13H2,1H3,(H,17,18)(H,20,21)/p-1. The Kier molecular flexibility index (Phi) is 14.0. The van der Waals surface area contributed by atoms with E-state index in [1.807, 2.05) is 0 Å². The first-order valence-electron chi connectivity index (χ1n) is 8.45. The van der Waals surface area contributed by atoms with Gasteiger partial charge in [0.1, 0.15) is 5.25 Å². The molecule has 0 aromatic carbocycles. The van der Waals surface area contributed by atoms with Gasteiger partial charge in [0.25, 0.3) is 0 Å². The second-order valence-corrected chi connectivity index (χ2v) is 6.79. The number of carbonyl (C=O) groups excluding carboxylic acids is 1. The molecule has 0 radical (unpaired) electrons. The summed E-state index contributed by atoms with van der Waals surface area (Å²) < 4.78 is 26.5. The van der Waals surface area contributed by atoms with Crippen LogP contribution < -0.4 is 0 Å². The molecule has 6 nitrogen and oxygen atoms in total. The Balaban J connectivity index is 3.57. The molecule has 0 rings (SSSR count). The molecule has 0 aliphatic heterocycles. The molecule has 0 aromatic heterocycles. The molecule has 2 atom stereocenters. The number of rotatable bonds is 15. The first-order chi connectivity index (χ1) is 11.0. The monoisotopic (exact) mass is 349 g/mol. The van der Waals surface area contributed by atoms with Gasteiger partial charge in [-0.05, 0) is 17.5 Å². The van der Waals surface area contributed by atoms with Crippen LogP contribution >= 0.6 is 0 Å². The van der Waals surface area contributed by atoms with E-state index in [2.05, 4.69) is 6.92 Å². The van der Waals surface area contributed by atoms with E-state index < -0.39 is 34.7 Å². The molecule has 0 spiro atoms. The van der Waals surface area contributed by atoms with Crippen molar-refractivity contribution in [2.75, 3.05) is 6.61 Å². The van der Waals surface area contributed by atoms with Crippen LogP contribution in [0, 0.1) is 0 Å². The third kappa shape index (κ3) is 13.2. The molecule has 0 aromatic rings. The maximum Gasteiger partial charge on any atom is 0.321 e. The van der Waals surface area contributed by atoms with E-state index in [0.29, 0.717) is 6.42 Å². The van der Waals surface area contributed by atoms with Crippen molar-refractivity contribution in [2.24, 2.45) is 0 Å². The molecule has 0 aliphatic rings. The number of hydrogen-bond donors (Lipinski definition) is 1. The van der Waals surface area contributed by atoms with Crippen molar-refractivity contribution in [3.05, 3.63) is 0 Å². The lowest BCUT2D eigenvalue weighted by atomic mass is 10.1. The van der Waals surface area contributed by atoms with Crippen LogP contribution in [-0.2, 0) is 25.4 Å². The van der Waals surface area contributed by atoms with Gasteiger partial charge in [-0.3, -0.25) is 13.8 Å². The van der Waals surface area contributed by atoms with Gasteiger partial charge >= 0.3 is 11.9 Å². The zero-order valence-electron chi connectivity index (χ0n) is 14.0. The van der Waals surface area contributed by atoms with Gasteiger partial charge < -0.3 is 14.4 Å². The van der Waals surface area contributed by atoms with Crippen molar-refractivity contribution < 1.29 is 28.2 Å². The topological polar surface area (TPSA) is 104 Å². The predicted octanol–water partition coefficient (Wildman–Crippen LogP) is 3.17. The molecule has 7 heteroatoms. The molecule has 1 N–H and O–H groups in total. The molecular weight excluding hydrogens is 320 g/mol. The number of ether oxygens (including phenoxy) is 1. The van der Waals surface area contributed by atoms with Crippen molar-refractivity contribution in [1.82, 2.24) is 0 Å². The first-order valence-corrected chi connectivity index (χ1v) is 9.59. The summed E-state index contributed by atoms with van der Waals surface area (Å²) in [6.07, 6.45) is 10.7. The van der Waals surface area contributed by atoms with Gasteiger partial charge in [0.15, 0.2) is 0 Å². The van der Waals surface area contributed by atoms with Gasteiger partial charge in [-0.25, -0.2) is 0 Å². The number of hydrogen-bond acceptors (Lipinski definition) is 5. The minimum atomic E-state index is -2.77. The van der Waals surface area contributed by atoms with Crippen LogP contribution in [-0.4, -0.2) is 37.7 Å². The largest absolute Gasteiger partial charge is 0.772 e. The van der Waals surface area contributed by atoms with Crippen molar-refractivity contribution in [3.63, 3.8) is 0 Å². The lowest BCUT2D eigenvalue weighted by Gasteiger charge is -2.16. The highest BCUT2D eigenvalue weighted by Crippen LogP contribution is 2.11. The smallest absolute Gasteiger partial charge is 0.321 e. The molecule has 0 fully saturated rings. The number of carboxylic acids is 1. The highest BCUT2D eigenvalue weighted by atomic mass is 32.2. The molecule has 136 valence electrons. The van der Waals surface area contributed by atoms with E-state index in [9.17, 15) is 18.4 Å². The molecule has 0 aliphatic carbocycles. The molecule has 23 heavy (non-hydrogen) atoms. The summed E-state index contributed by atoms with van der Waals surface area (Å²) in [5.74, 6) is -2.31. The summed E-state index contributed by atoms with van der Waals surface area (Å²) in [4.78, 5) is 22.0. The Morgan fingerprint density at radius 2 is 1.48 bits per heavy atom. The minimum Gasteiger partial charge on any atom is -0.772 e. The second kappa shape index (κ2) is 14.6. The average molecular weight is 349 g/mol. The maximum atomic E-state index is 11.5. The van der Waals surface area contributed by atoms with E-state index in [1.165, 1.54) is 38.5 Å². The molecule has 2 unspecified atom stereocenters. The van der Waals surface area contributed by atoms with Crippen molar-refractivity contribution in [2.45, 2.75) is 82.8 Å². The van der Waals surface area contributed by atoms with Gasteiger partial charge in [0.05, 0.1) is 13.0 Å². The fourth-order valence-electron chi connectivity index (χ4n) is 2.24. The van der Waals surface area contributed by atoms with Gasteiger partial charge in [-0.15, -0.1) is 0 Å². The number of esters is 1. The Morgan fingerprint density at radius 1 is 1.00 bits per heavy atom. The molecule has 0 saturated carbocycles. The normalized spacial score (nSPS) is 13.5. The summed E-state index contributed by atoms with van der Waals surface area (Å²) in [6, 6.07) is 0. The molecule has 0 bridgehead atoms. The number of carbonyl (C=O) groups is 2. The third-order valence-electron chi connectivity index (χ3n) is 3.60. The SMILES string of the molecule is CCCCCCCCCCCCOC(=O)C(CC(=O)O)S(=O)[O-]. The molecule has 0 heterocycles. The fraction of sp³-hybridized carbons (Fsp3) is 0.875. The highest BCUT2D eigenvalue weighted by molar-refractivity contribution is 7.80. The van der Waals surface area contributed by atoms with E-state index in [0.717, 1.165) is 19.3 Å². The Bertz CT molecular complexity index is 358. The van der Waals surface area contributed by atoms with Crippen LogP contribution in [0.5, 0.6) is 0 Å². The third-order valence-corrected chi connectivity index (χ3v) is 4.42. The highest BCUT2D eigenvalue weighted by Gasteiger charge is 2.24. The second-order valence-electron chi connectivity index (χ2n) is 5.70. The predicted molar refractivity (Wildman–Crippen MR) is 87.8 cm³/mol. The van der Waals surface area contributed by atoms with E-state index >= 15 is 0 Å². The summed E-state index contributed by atoms with van der Waals surface area (Å²) in [5, 5.41) is 6.95. The van der Waals surface area contributed by atoms with Crippen LogP contribution in [0.2, 0.25) is 0 Å². The van der Waals surface area contributed by atoms with E-state index in [1.54, 1.807) is 0 Å². The van der Waals surface area contributed by atoms with Crippen LogP contribution in [0.1, 0.15) is 77.6 Å². The first kappa shape index (κ1) is 22.1. The zero-order chi connectivity index (χ0) is 17.5. The van der Waals surface area contributed by atoms with Crippen LogP contribution in [0.3, 0.4) is 0 Å². The number of aliphatic carboxylic acids is 1. The zero-order valence-corrected chi connectivity index (χ0v) is 14.8. The average Bonchev–Trinajstić information content (AvgIpc) is 2.49. The Morgan fingerprint density at radius 3 is 1.91 bits per heavy atom. The Labute approximate surface area is 141 Å². The van der Waals surface area contributed by atoms with Gasteiger partial charge in [-0.2, -0.15) is 0 Å². The van der Waals surface area contributed by atoms with E-state index in [4.69, 9.17) is 9.84 Å². The van der Waals surface area contributed by atoms with Crippen molar-refractivity contribution in [3.8, 4) is 0 Å². The lowest BCUT2D eigenvalue weighted by molar-refractivity contribution is -0.147. The number of carboxylic acid groups (broad SMARTS) is 1. The van der Waals surface area contributed by atoms with Gasteiger partial charge in [0, 0.05) is 0 Å². The summed E-state index contributed by atoms with van der Waals surface area (Å²) in [5.41, 5.74) is 0. The summed E-state index contributed by atoms with van der Waals surface area (Å²) >= 11 is -2.77. The van der Waals surface area contributed by atoms with Gasteiger partial charge in [0.2, 0.25) is 0 Å². The fourth-order valence-corrected chi connectivity index (χ4v) is 2.75.